The summed E-state index contributed by atoms with van der Waals surface area (Å²) >= 11 is 0. The number of nitrogen functional groups attached to an aromatic ring is 1. The molecule has 1 aromatic rings. The summed E-state index contributed by atoms with van der Waals surface area (Å²) in [7, 11) is 0. The highest BCUT2D eigenvalue weighted by atomic mass is 16.3. The molecule has 0 unspecified atom stereocenters. The lowest BCUT2D eigenvalue weighted by Crippen LogP contribution is -2.14. The van der Waals surface area contributed by atoms with Crippen molar-refractivity contribution in [1.82, 2.24) is 9.78 Å². The number of ketones is 1. The van der Waals surface area contributed by atoms with Gasteiger partial charge in [-0.15, -0.1) is 0 Å². The maximum absolute atomic E-state index is 11.1. The molecule has 2 rings (SSSR count). The van der Waals surface area contributed by atoms with Crippen LogP contribution < -0.4 is 11.5 Å². The first-order chi connectivity index (χ1) is 8.61. The number of nitrogens with zero attached hydrogens (tertiary/aromatic N) is 3. The Morgan fingerprint density at radius 2 is 2.17 bits per heavy atom. The standard InChI is InChI=1S/C11H13N5O2/c12-8-5-7(18)1-2-9(8)15-10-6-14-16(3-4-17)11(10)13/h1-2,5-6,17H,3-4,12-13H2/b15-9-. The van der Waals surface area contributed by atoms with E-state index < -0.39 is 0 Å². The van der Waals surface area contributed by atoms with Gasteiger partial charge in [-0.3, -0.25) is 4.79 Å². The van der Waals surface area contributed by atoms with E-state index in [9.17, 15) is 4.79 Å². The van der Waals surface area contributed by atoms with E-state index in [1.807, 2.05) is 0 Å². The van der Waals surface area contributed by atoms with Crippen LogP contribution in [-0.4, -0.2) is 33.0 Å². The van der Waals surface area contributed by atoms with Crippen molar-refractivity contribution in [2.24, 2.45) is 10.7 Å². The van der Waals surface area contributed by atoms with Crippen LogP contribution in [0.15, 0.2) is 35.1 Å². The van der Waals surface area contributed by atoms with Gasteiger partial charge in [0.05, 0.1) is 30.8 Å². The SMILES string of the molecule is NC1=CC(=O)C=C/C1=N/c1cnn(CCO)c1N. The Morgan fingerprint density at radius 3 is 2.83 bits per heavy atom. The van der Waals surface area contributed by atoms with Crippen LogP contribution in [0, 0.1) is 0 Å². The molecule has 5 N–H and O–H groups in total. The first-order valence-electron chi connectivity index (χ1n) is 5.32. The molecule has 0 saturated heterocycles. The van der Waals surface area contributed by atoms with Gasteiger partial charge in [-0.2, -0.15) is 5.10 Å². The minimum atomic E-state index is -0.171. The Balaban J connectivity index is 2.31. The third-order valence-corrected chi connectivity index (χ3v) is 2.41. The van der Waals surface area contributed by atoms with Crippen LogP contribution in [0.2, 0.25) is 0 Å². The molecule has 0 fully saturated rings. The summed E-state index contributed by atoms with van der Waals surface area (Å²) in [4.78, 5) is 15.3. The Labute approximate surface area is 103 Å². The molecular formula is C11H13N5O2. The third kappa shape index (κ3) is 2.30. The van der Waals surface area contributed by atoms with Crippen molar-refractivity contribution in [2.45, 2.75) is 6.54 Å². The Bertz CT molecular complexity index is 568. The van der Waals surface area contributed by atoms with Gasteiger partial charge in [-0.1, -0.05) is 0 Å². The van der Waals surface area contributed by atoms with Crippen molar-refractivity contribution in [2.75, 3.05) is 12.3 Å². The van der Waals surface area contributed by atoms with Crippen molar-refractivity contribution < 1.29 is 9.90 Å². The number of rotatable bonds is 3. The smallest absolute Gasteiger partial charge is 0.180 e. The van der Waals surface area contributed by atoms with Crippen LogP contribution in [0.5, 0.6) is 0 Å². The van der Waals surface area contributed by atoms with E-state index >= 15 is 0 Å². The summed E-state index contributed by atoms with van der Waals surface area (Å²) in [6, 6.07) is 0. The minimum Gasteiger partial charge on any atom is -0.397 e. The van der Waals surface area contributed by atoms with Crippen molar-refractivity contribution in [1.29, 1.82) is 0 Å². The molecule has 1 aliphatic carbocycles. The van der Waals surface area contributed by atoms with E-state index in [1.165, 1.54) is 29.1 Å². The maximum atomic E-state index is 11.1. The lowest BCUT2D eigenvalue weighted by molar-refractivity contribution is -0.110. The maximum Gasteiger partial charge on any atom is 0.180 e. The predicted molar refractivity (Wildman–Crippen MR) is 67.2 cm³/mol. The number of carbonyl (C=O) groups is 1. The molecule has 0 radical (unpaired) electrons. The number of aliphatic imine (C=N–C) groups is 1. The van der Waals surface area contributed by atoms with Gasteiger partial charge < -0.3 is 16.6 Å². The second-order valence-electron chi connectivity index (χ2n) is 3.69. The number of aromatic nitrogens is 2. The first-order valence-corrected chi connectivity index (χ1v) is 5.32. The van der Waals surface area contributed by atoms with E-state index in [1.54, 1.807) is 0 Å². The molecule has 94 valence electrons. The molecule has 1 aromatic heterocycles. The fraction of sp³-hybridized carbons (Fsp3) is 0.182. The van der Waals surface area contributed by atoms with Crippen LogP contribution in [0.1, 0.15) is 0 Å². The molecule has 0 aromatic carbocycles. The van der Waals surface area contributed by atoms with E-state index in [0.717, 1.165) is 0 Å². The van der Waals surface area contributed by atoms with Crippen molar-refractivity contribution in [3.63, 3.8) is 0 Å². The Morgan fingerprint density at radius 1 is 1.39 bits per heavy atom. The molecule has 0 atom stereocenters. The zero-order valence-corrected chi connectivity index (χ0v) is 9.58. The molecule has 1 heterocycles. The normalized spacial score (nSPS) is 17.3. The van der Waals surface area contributed by atoms with Gasteiger partial charge in [0.1, 0.15) is 11.5 Å². The molecule has 0 saturated carbocycles. The fourth-order valence-electron chi connectivity index (χ4n) is 1.51. The number of anilines is 1. The van der Waals surface area contributed by atoms with Crippen LogP contribution in [-0.2, 0) is 11.3 Å². The number of allylic oxidation sites excluding steroid dienone is 3. The quantitative estimate of drug-likeness (QED) is 0.623. The summed E-state index contributed by atoms with van der Waals surface area (Å²) in [5, 5.41) is 12.8. The van der Waals surface area contributed by atoms with Crippen LogP contribution in [0.25, 0.3) is 0 Å². The summed E-state index contributed by atoms with van der Waals surface area (Å²) < 4.78 is 1.44. The van der Waals surface area contributed by atoms with Gasteiger partial charge in [-0.05, 0) is 12.2 Å². The molecule has 7 nitrogen and oxygen atoms in total. The topological polar surface area (TPSA) is 120 Å². The average Bonchev–Trinajstić information content (AvgIpc) is 2.66. The van der Waals surface area contributed by atoms with Crippen molar-refractivity contribution in [3.05, 3.63) is 30.1 Å². The predicted octanol–water partition coefficient (Wildman–Crippen LogP) is -0.488. The highest BCUT2D eigenvalue weighted by Crippen LogP contribution is 2.22. The number of aliphatic hydroxyl groups is 1. The summed E-state index contributed by atoms with van der Waals surface area (Å²) in [6.07, 6.45) is 5.69. The Kier molecular flexibility index (Phi) is 3.24. The number of hydrogen-bond acceptors (Lipinski definition) is 6. The molecule has 0 aliphatic heterocycles. The lowest BCUT2D eigenvalue weighted by Gasteiger charge is -2.05. The summed E-state index contributed by atoms with van der Waals surface area (Å²) in [6.45, 7) is 0.245. The Hall–Kier alpha value is -2.41. The molecular weight excluding hydrogens is 234 g/mol. The van der Waals surface area contributed by atoms with Gasteiger partial charge in [0, 0.05) is 6.08 Å². The van der Waals surface area contributed by atoms with E-state index in [0.29, 0.717) is 23.8 Å². The minimum absolute atomic E-state index is 0.0572. The van der Waals surface area contributed by atoms with E-state index in [4.69, 9.17) is 16.6 Å². The van der Waals surface area contributed by atoms with Crippen LogP contribution >= 0.6 is 0 Å². The first kappa shape index (κ1) is 12.1. The fourth-order valence-corrected chi connectivity index (χ4v) is 1.51. The number of aliphatic hydroxyl groups excluding tert-OH is 1. The van der Waals surface area contributed by atoms with Crippen molar-refractivity contribution >= 4 is 23.0 Å². The van der Waals surface area contributed by atoms with Gasteiger partial charge in [0.15, 0.2) is 5.78 Å². The van der Waals surface area contributed by atoms with Crippen LogP contribution in [0.4, 0.5) is 11.5 Å². The van der Waals surface area contributed by atoms with Crippen LogP contribution in [0.3, 0.4) is 0 Å². The zero-order valence-electron chi connectivity index (χ0n) is 9.58. The molecule has 18 heavy (non-hydrogen) atoms. The molecule has 7 heteroatoms. The molecule has 1 aliphatic rings. The van der Waals surface area contributed by atoms with Gasteiger partial charge >= 0.3 is 0 Å². The molecule has 0 amide bonds. The van der Waals surface area contributed by atoms with Gasteiger partial charge in [0.2, 0.25) is 0 Å². The average molecular weight is 247 g/mol. The highest BCUT2D eigenvalue weighted by molar-refractivity contribution is 6.19. The summed E-state index contributed by atoms with van der Waals surface area (Å²) in [5.41, 5.74) is 12.7. The second kappa shape index (κ2) is 4.84. The van der Waals surface area contributed by atoms with Gasteiger partial charge in [-0.25, -0.2) is 9.67 Å². The largest absolute Gasteiger partial charge is 0.397 e. The molecule has 0 spiro atoms. The number of nitrogens with two attached hydrogens (primary N) is 2. The lowest BCUT2D eigenvalue weighted by atomic mass is 10.1. The van der Waals surface area contributed by atoms with E-state index in [-0.39, 0.29) is 18.1 Å². The van der Waals surface area contributed by atoms with E-state index in [2.05, 4.69) is 10.1 Å². The second-order valence-corrected chi connectivity index (χ2v) is 3.69. The number of carbonyl (C=O) groups excluding carboxylic acids is 1. The third-order valence-electron chi connectivity index (χ3n) is 2.41. The highest BCUT2D eigenvalue weighted by Gasteiger charge is 2.11. The monoisotopic (exact) mass is 247 g/mol. The van der Waals surface area contributed by atoms with Gasteiger partial charge in [0.25, 0.3) is 0 Å². The summed E-state index contributed by atoms with van der Waals surface area (Å²) in [5.74, 6) is 0.171. The number of hydrogen-bond donors (Lipinski definition) is 3. The zero-order chi connectivity index (χ0) is 13.1. The van der Waals surface area contributed by atoms with Crippen molar-refractivity contribution in [3.8, 4) is 0 Å². The molecule has 0 bridgehead atoms.